The summed E-state index contributed by atoms with van der Waals surface area (Å²) in [5.41, 5.74) is 1.73. The minimum Gasteiger partial charge on any atom is -0.496 e. The number of methoxy groups -OCH3 is 1. The highest BCUT2D eigenvalue weighted by molar-refractivity contribution is 9.11. The molecule has 0 spiro atoms. The number of ether oxygens (including phenoxy) is 1. The van der Waals surface area contributed by atoms with Gasteiger partial charge in [0.1, 0.15) is 5.75 Å². The molecule has 2 rings (SSSR count). The van der Waals surface area contributed by atoms with Crippen molar-refractivity contribution in [3.63, 3.8) is 0 Å². The molecule has 2 aromatic rings. The van der Waals surface area contributed by atoms with Gasteiger partial charge in [-0.2, -0.15) is 0 Å². The molecule has 0 aliphatic heterocycles. The van der Waals surface area contributed by atoms with Gasteiger partial charge in [0, 0.05) is 11.3 Å². The summed E-state index contributed by atoms with van der Waals surface area (Å²) in [7, 11) is 1.59. The van der Waals surface area contributed by atoms with E-state index in [-0.39, 0.29) is 5.78 Å². The van der Waals surface area contributed by atoms with Gasteiger partial charge in [0.15, 0.2) is 5.78 Å². The van der Waals surface area contributed by atoms with E-state index in [4.69, 9.17) is 4.74 Å². The maximum atomic E-state index is 12.2. The predicted octanol–water partition coefficient (Wildman–Crippen LogP) is 4.25. The Labute approximate surface area is 119 Å². The Hall–Kier alpha value is -1.13. The summed E-state index contributed by atoms with van der Waals surface area (Å²) in [5.74, 6) is 0.733. The monoisotopic (exact) mass is 324 g/mol. The Morgan fingerprint density at radius 1 is 1.33 bits per heavy atom. The summed E-state index contributed by atoms with van der Waals surface area (Å²) in [4.78, 5) is 13.3. The summed E-state index contributed by atoms with van der Waals surface area (Å²) in [6, 6.07) is 9.57. The number of hydrogen-bond donors (Lipinski definition) is 0. The lowest BCUT2D eigenvalue weighted by atomic mass is 10.0. The van der Waals surface area contributed by atoms with Crippen LogP contribution in [0.5, 0.6) is 5.75 Å². The fourth-order valence-corrected chi connectivity index (χ4v) is 3.21. The number of Topliss-reactive ketones (excluding diaryl/α,β-unsaturated/α-hetero) is 1. The molecule has 0 aliphatic carbocycles. The zero-order chi connectivity index (χ0) is 13.1. The first-order chi connectivity index (χ1) is 8.60. The summed E-state index contributed by atoms with van der Waals surface area (Å²) < 4.78 is 6.31. The van der Waals surface area contributed by atoms with E-state index in [9.17, 15) is 4.79 Å². The highest BCUT2D eigenvalue weighted by Crippen LogP contribution is 2.26. The van der Waals surface area contributed by atoms with Crippen LogP contribution in [0.3, 0.4) is 0 Å². The predicted molar refractivity (Wildman–Crippen MR) is 77.8 cm³/mol. The summed E-state index contributed by atoms with van der Waals surface area (Å²) in [6.45, 7) is 1.98. The lowest BCUT2D eigenvalue weighted by molar-refractivity contribution is 0.0991. The molecule has 0 amide bonds. The molecule has 1 aromatic heterocycles. The zero-order valence-corrected chi connectivity index (χ0v) is 12.6. The molecule has 1 heterocycles. The van der Waals surface area contributed by atoms with Gasteiger partial charge in [-0.1, -0.05) is 6.07 Å². The number of aryl methyl sites for hydroxylation is 1. The molecule has 0 N–H and O–H groups in total. The molecular formula is C14H13BrO2S. The summed E-state index contributed by atoms with van der Waals surface area (Å²) in [6.07, 6.45) is 0.412. The molecule has 18 heavy (non-hydrogen) atoms. The molecule has 0 saturated carbocycles. The van der Waals surface area contributed by atoms with E-state index in [1.54, 1.807) is 18.4 Å². The van der Waals surface area contributed by atoms with Gasteiger partial charge in [-0.05, 0) is 52.7 Å². The van der Waals surface area contributed by atoms with Crippen LogP contribution in [0.1, 0.15) is 20.8 Å². The Morgan fingerprint density at radius 2 is 2.11 bits per heavy atom. The van der Waals surface area contributed by atoms with Gasteiger partial charge in [0.05, 0.1) is 16.5 Å². The lowest BCUT2D eigenvalue weighted by Gasteiger charge is -2.07. The number of benzene rings is 1. The maximum Gasteiger partial charge on any atom is 0.171 e. The van der Waals surface area contributed by atoms with Gasteiger partial charge in [-0.3, -0.25) is 4.79 Å². The lowest BCUT2D eigenvalue weighted by Crippen LogP contribution is -2.05. The highest BCUT2D eigenvalue weighted by atomic mass is 79.9. The van der Waals surface area contributed by atoms with E-state index < -0.39 is 0 Å². The fourth-order valence-electron chi connectivity index (χ4n) is 1.73. The second kappa shape index (κ2) is 5.67. The van der Waals surface area contributed by atoms with Gasteiger partial charge < -0.3 is 4.74 Å². The van der Waals surface area contributed by atoms with Crippen molar-refractivity contribution < 1.29 is 9.53 Å². The molecule has 0 unspecified atom stereocenters. The van der Waals surface area contributed by atoms with Crippen LogP contribution in [0.15, 0.2) is 34.1 Å². The first-order valence-corrected chi connectivity index (χ1v) is 7.13. The number of halogens is 1. The number of rotatable bonds is 4. The third-order valence-electron chi connectivity index (χ3n) is 2.62. The van der Waals surface area contributed by atoms with Crippen molar-refractivity contribution in [1.29, 1.82) is 0 Å². The first-order valence-electron chi connectivity index (χ1n) is 5.52. The molecule has 0 aliphatic rings. The van der Waals surface area contributed by atoms with Crippen molar-refractivity contribution in [3.05, 3.63) is 50.1 Å². The molecule has 1 aromatic carbocycles. The Morgan fingerprint density at radius 3 is 2.72 bits per heavy atom. The minimum atomic E-state index is 0.0844. The first kappa shape index (κ1) is 13.3. The van der Waals surface area contributed by atoms with Crippen molar-refractivity contribution in [3.8, 4) is 5.75 Å². The van der Waals surface area contributed by atoms with Crippen LogP contribution in [-0.2, 0) is 6.42 Å². The highest BCUT2D eigenvalue weighted by Gasteiger charge is 2.13. The van der Waals surface area contributed by atoms with Gasteiger partial charge in [0.25, 0.3) is 0 Å². The molecule has 0 atom stereocenters. The minimum absolute atomic E-state index is 0.0844. The average molecular weight is 325 g/mol. The smallest absolute Gasteiger partial charge is 0.171 e. The SMILES string of the molecule is COc1cc(C)ccc1C(=O)Cc1ccc(Br)s1. The molecule has 0 saturated heterocycles. The third-order valence-corrected chi connectivity index (χ3v) is 4.24. The average Bonchev–Trinajstić information content (AvgIpc) is 2.74. The molecule has 4 heteroatoms. The molecule has 94 valence electrons. The zero-order valence-electron chi connectivity index (χ0n) is 10.2. The third kappa shape index (κ3) is 3.00. The van der Waals surface area contributed by atoms with Crippen molar-refractivity contribution >= 4 is 33.0 Å². The van der Waals surface area contributed by atoms with Gasteiger partial charge in [-0.15, -0.1) is 11.3 Å². The van der Waals surface area contributed by atoms with Crippen LogP contribution >= 0.6 is 27.3 Å². The molecule has 0 fully saturated rings. The van der Waals surface area contributed by atoms with Crippen LogP contribution in [0.2, 0.25) is 0 Å². The van der Waals surface area contributed by atoms with E-state index >= 15 is 0 Å². The maximum absolute atomic E-state index is 12.2. The number of ketones is 1. The standard InChI is InChI=1S/C14H13BrO2S/c1-9-3-5-11(13(7-9)17-2)12(16)8-10-4-6-14(15)18-10/h3-7H,8H2,1-2H3. The number of carbonyl (C=O) groups excluding carboxylic acids is 1. The topological polar surface area (TPSA) is 26.3 Å². The molecular weight excluding hydrogens is 312 g/mol. The molecule has 0 radical (unpaired) electrons. The van der Waals surface area contributed by atoms with Crippen molar-refractivity contribution in [2.75, 3.05) is 7.11 Å². The van der Waals surface area contributed by atoms with Crippen LogP contribution in [-0.4, -0.2) is 12.9 Å². The van der Waals surface area contributed by atoms with E-state index in [0.29, 0.717) is 17.7 Å². The molecule has 0 bridgehead atoms. The largest absolute Gasteiger partial charge is 0.496 e. The van der Waals surface area contributed by atoms with Crippen molar-refractivity contribution in [2.45, 2.75) is 13.3 Å². The summed E-state index contributed by atoms with van der Waals surface area (Å²) in [5, 5.41) is 0. The van der Waals surface area contributed by atoms with Crippen LogP contribution < -0.4 is 4.74 Å². The fraction of sp³-hybridized carbons (Fsp3) is 0.214. The van der Waals surface area contributed by atoms with Gasteiger partial charge in [-0.25, -0.2) is 0 Å². The van der Waals surface area contributed by atoms with Crippen molar-refractivity contribution in [1.82, 2.24) is 0 Å². The van der Waals surface area contributed by atoms with E-state index in [1.165, 1.54) is 0 Å². The molecule has 2 nitrogen and oxygen atoms in total. The van der Waals surface area contributed by atoms with E-state index in [1.807, 2.05) is 37.3 Å². The Balaban J connectivity index is 2.23. The Kier molecular flexibility index (Phi) is 4.19. The van der Waals surface area contributed by atoms with Gasteiger partial charge >= 0.3 is 0 Å². The Bertz CT molecular complexity index is 575. The van der Waals surface area contributed by atoms with Crippen molar-refractivity contribution in [2.24, 2.45) is 0 Å². The van der Waals surface area contributed by atoms with Crippen LogP contribution in [0.4, 0.5) is 0 Å². The van der Waals surface area contributed by atoms with E-state index in [2.05, 4.69) is 15.9 Å². The van der Waals surface area contributed by atoms with E-state index in [0.717, 1.165) is 14.2 Å². The second-order valence-corrected chi connectivity index (χ2v) is 6.56. The quantitative estimate of drug-likeness (QED) is 0.786. The second-order valence-electron chi connectivity index (χ2n) is 4.01. The summed E-state index contributed by atoms with van der Waals surface area (Å²) >= 11 is 4.98. The number of hydrogen-bond acceptors (Lipinski definition) is 3. The number of carbonyl (C=O) groups is 1. The number of thiophene rings is 1. The van der Waals surface area contributed by atoms with Gasteiger partial charge in [0.2, 0.25) is 0 Å². The van der Waals surface area contributed by atoms with Crippen LogP contribution in [0, 0.1) is 6.92 Å². The normalized spacial score (nSPS) is 10.4. The van der Waals surface area contributed by atoms with Crippen LogP contribution in [0.25, 0.3) is 0 Å².